The van der Waals surface area contributed by atoms with Crippen LogP contribution < -0.4 is 0 Å². The van der Waals surface area contributed by atoms with Crippen LogP contribution in [-0.2, 0) is 14.2 Å². The van der Waals surface area contributed by atoms with Crippen LogP contribution in [0.15, 0.2) is 4.99 Å². The molecular weight excluding hydrogens is 146 g/mol. The zero-order valence-corrected chi connectivity index (χ0v) is 7.29. The number of hydrogen-bond acceptors (Lipinski definition) is 4. The third-order valence-electron chi connectivity index (χ3n) is 0.979. The first-order valence-electron chi connectivity index (χ1n) is 3.55. The summed E-state index contributed by atoms with van der Waals surface area (Å²) < 4.78 is 14.6. The molecular formula is C7H15NO3. The molecule has 0 unspecified atom stereocenters. The Morgan fingerprint density at radius 3 is 2.55 bits per heavy atom. The van der Waals surface area contributed by atoms with Crippen LogP contribution in [0, 0.1) is 0 Å². The lowest BCUT2D eigenvalue weighted by molar-refractivity contribution is 0.191. The molecule has 0 N–H and O–H groups in total. The third-order valence-corrected chi connectivity index (χ3v) is 0.979. The number of ether oxygens (including phenoxy) is 3. The standard InChI is InChI=1S/C7H15NO3/c1-4-11-7(10-3)8-5-6-9-2/h4-6H2,1-3H3. The zero-order chi connectivity index (χ0) is 8.53. The monoisotopic (exact) mass is 161 g/mol. The molecule has 11 heavy (non-hydrogen) atoms. The van der Waals surface area contributed by atoms with Gasteiger partial charge in [-0.2, -0.15) is 0 Å². The van der Waals surface area contributed by atoms with Crippen LogP contribution in [0.4, 0.5) is 0 Å². The highest BCUT2D eigenvalue weighted by Gasteiger charge is 1.94. The highest BCUT2D eigenvalue weighted by atomic mass is 16.7. The molecule has 0 radical (unpaired) electrons. The van der Waals surface area contributed by atoms with Crippen LogP contribution in [0.5, 0.6) is 0 Å². The van der Waals surface area contributed by atoms with Crippen LogP contribution in [0.2, 0.25) is 0 Å². The Kier molecular flexibility index (Phi) is 6.82. The van der Waals surface area contributed by atoms with Gasteiger partial charge >= 0.3 is 6.08 Å². The van der Waals surface area contributed by atoms with Crippen molar-refractivity contribution in [2.24, 2.45) is 4.99 Å². The molecule has 4 heteroatoms. The molecule has 0 atom stereocenters. The quantitative estimate of drug-likeness (QED) is 0.345. The molecule has 0 fully saturated rings. The molecule has 0 aliphatic carbocycles. The highest BCUT2D eigenvalue weighted by molar-refractivity contribution is 5.66. The molecule has 0 aromatic rings. The summed E-state index contributed by atoms with van der Waals surface area (Å²) in [6.07, 6.45) is 0.324. The first-order chi connectivity index (χ1) is 5.35. The van der Waals surface area contributed by atoms with Gasteiger partial charge in [-0.05, 0) is 6.92 Å². The van der Waals surface area contributed by atoms with Crippen molar-refractivity contribution in [2.75, 3.05) is 34.0 Å². The zero-order valence-electron chi connectivity index (χ0n) is 7.29. The molecule has 4 nitrogen and oxygen atoms in total. The van der Waals surface area contributed by atoms with Gasteiger partial charge in [-0.3, -0.25) is 0 Å². The molecule has 0 spiro atoms. The SMILES string of the molecule is CCOC(=NCCOC)OC. The van der Waals surface area contributed by atoms with E-state index in [1.165, 1.54) is 7.11 Å². The molecule has 0 aliphatic rings. The van der Waals surface area contributed by atoms with E-state index in [4.69, 9.17) is 14.2 Å². The second-order valence-electron chi connectivity index (χ2n) is 1.78. The van der Waals surface area contributed by atoms with Crippen molar-refractivity contribution in [3.05, 3.63) is 0 Å². The van der Waals surface area contributed by atoms with E-state index in [-0.39, 0.29) is 0 Å². The fraction of sp³-hybridized carbons (Fsp3) is 0.857. The minimum Gasteiger partial charge on any atom is -0.454 e. The van der Waals surface area contributed by atoms with Crippen molar-refractivity contribution in [2.45, 2.75) is 6.92 Å². The van der Waals surface area contributed by atoms with Crippen molar-refractivity contribution >= 4 is 6.08 Å². The van der Waals surface area contributed by atoms with E-state index in [0.717, 1.165) is 0 Å². The van der Waals surface area contributed by atoms with E-state index in [2.05, 4.69) is 4.99 Å². The van der Waals surface area contributed by atoms with Crippen molar-refractivity contribution in [1.29, 1.82) is 0 Å². The summed E-state index contributed by atoms with van der Waals surface area (Å²) in [4.78, 5) is 3.97. The Hall–Kier alpha value is -0.770. The largest absolute Gasteiger partial charge is 0.454 e. The van der Waals surface area contributed by atoms with Crippen LogP contribution in [0.25, 0.3) is 0 Å². The Labute approximate surface area is 67.2 Å². The van der Waals surface area contributed by atoms with Gasteiger partial charge in [0, 0.05) is 7.11 Å². The maximum Gasteiger partial charge on any atom is 0.383 e. The Morgan fingerprint density at radius 1 is 1.36 bits per heavy atom. The van der Waals surface area contributed by atoms with E-state index in [1.54, 1.807) is 7.11 Å². The topological polar surface area (TPSA) is 40.0 Å². The Morgan fingerprint density at radius 2 is 2.09 bits per heavy atom. The maximum atomic E-state index is 5.01. The molecule has 0 aromatic carbocycles. The molecule has 0 aliphatic heterocycles. The minimum absolute atomic E-state index is 0.324. The lowest BCUT2D eigenvalue weighted by atomic mass is 10.7. The predicted octanol–water partition coefficient (Wildman–Crippen LogP) is 0.672. The lowest BCUT2D eigenvalue weighted by Gasteiger charge is -2.03. The summed E-state index contributed by atoms with van der Waals surface area (Å²) in [5.41, 5.74) is 0. The van der Waals surface area contributed by atoms with E-state index >= 15 is 0 Å². The lowest BCUT2D eigenvalue weighted by Crippen LogP contribution is -2.09. The predicted molar refractivity (Wildman–Crippen MR) is 42.8 cm³/mol. The smallest absolute Gasteiger partial charge is 0.383 e. The summed E-state index contributed by atoms with van der Waals surface area (Å²) in [7, 11) is 3.16. The summed E-state index contributed by atoms with van der Waals surface area (Å²) in [6.45, 7) is 3.60. The number of rotatable bonds is 4. The molecule has 0 bridgehead atoms. The van der Waals surface area contributed by atoms with Gasteiger partial charge in [-0.1, -0.05) is 0 Å². The molecule has 0 saturated heterocycles. The Balaban J connectivity index is 3.52. The van der Waals surface area contributed by atoms with Gasteiger partial charge in [0.25, 0.3) is 0 Å². The summed E-state index contributed by atoms with van der Waals surface area (Å²) in [5.74, 6) is 0. The van der Waals surface area contributed by atoms with Crippen LogP contribution in [-0.4, -0.2) is 40.1 Å². The maximum absolute atomic E-state index is 5.01. The van der Waals surface area contributed by atoms with Gasteiger partial charge in [-0.15, -0.1) is 0 Å². The second kappa shape index (κ2) is 7.34. The first-order valence-corrected chi connectivity index (χ1v) is 3.55. The van der Waals surface area contributed by atoms with Gasteiger partial charge < -0.3 is 14.2 Å². The van der Waals surface area contributed by atoms with Crippen molar-refractivity contribution in [1.82, 2.24) is 0 Å². The normalized spacial score (nSPS) is 11.4. The van der Waals surface area contributed by atoms with Gasteiger partial charge in [0.15, 0.2) is 0 Å². The van der Waals surface area contributed by atoms with Crippen LogP contribution in [0.3, 0.4) is 0 Å². The molecule has 0 saturated carbocycles. The van der Waals surface area contributed by atoms with Gasteiger partial charge in [0.1, 0.15) is 0 Å². The fourth-order valence-corrected chi connectivity index (χ4v) is 0.521. The molecule has 0 aromatic heterocycles. The van der Waals surface area contributed by atoms with Gasteiger partial charge in [0.2, 0.25) is 0 Å². The average molecular weight is 161 g/mol. The Bertz CT molecular complexity index is 114. The van der Waals surface area contributed by atoms with E-state index in [9.17, 15) is 0 Å². The summed E-state index contributed by atoms with van der Waals surface area (Å²) in [6, 6.07) is 0. The fourth-order valence-electron chi connectivity index (χ4n) is 0.521. The molecule has 0 heterocycles. The van der Waals surface area contributed by atoms with Crippen molar-refractivity contribution in [3.8, 4) is 0 Å². The molecule has 66 valence electrons. The van der Waals surface area contributed by atoms with Crippen LogP contribution in [0.1, 0.15) is 6.92 Å². The van der Waals surface area contributed by atoms with Gasteiger partial charge in [-0.25, -0.2) is 4.99 Å². The first kappa shape index (κ1) is 10.2. The van der Waals surface area contributed by atoms with Crippen LogP contribution >= 0.6 is 0 Å². The number of hydrogen-bond donors (Lipinski definition) is 0. The number of nitrogens with zero attached hydrogens (tertiary/aromatic N) is 1. The van der Waals surface area contributed by atoms with E-state index < -0.39 is 0 Å². The summed E-state index contributed by atoms with van der Waals surface area (Å²) >= 11 is 0. The highest BCUT2D eigenvalue weighted by Crippen LogP contribution is 1.84. The van der Waals surface area contributed by atoms with Gasteiger partial charge in [0.05, 0.1) is 26.9 Å². The number of methoxy groups -OCH3 is 2. The molecule has 0 rings (SSSR count). The van der Waals surface area contributed by atoms with E-state index in [1.807, 2.05) is 6.92 Å². The van der Waals surface area contributed by atoms with Crippen molar-refractivity contribution < 1.29 is 14.2 Å². The minimum atomic E-state index is 0.324. The van der Waals surface area contributed by atoms with Crippen molar-refractivity contribution in [3.63, 3.8) is 0 Å². The molecule has 0 amide bonds. The third kappa shape index (κ3) is 5.66. The second-order valence-corrected chi connectivity index (χ2v) is 1.78. The average Bonchev–Trinajstić information content (AvgIpc) is 2.03. The van der Waals surface area contributed by atoms with E-state index in [0.29, 0.717) is 25.8 Å². The summed E-state index contributed by atoms with van der Waals surface area (Å²) in [5, 5.41) is 0. The number of aliphatic imine (C=N–C) groups is 1.